The normalized spacial score (nSPS) is 15.9. The molecule has 2 aromatic carbocycles. The van der Waals surface area contributed by atoms with Gasteiger partial charge in [-0.3, -0.25) is 4.55 Å². The van der Waals surface area contributed by atoms with Crippen LogP contribution >= 0.6 is 12.6 Å². The van der Waals surface area contributed by atoms with E-state index in [1.165, 1.54) is 35.6 Å². The van der Waals surface area contributed by atoms with E-state index in [2.05, 4.69) is 44.2 Å². The van der Waals surface area contributed by atoms with E-state index >= 15 is 0 Å². The van der Waals surface area contributed by atoms with E-state index in [-0.39, 0.29) is 4.75 Å². The molecule has 0 spiro atoms. The van der Waals surface area contributed by atoms with Crippen LogP contribution in [0, 0.1) is 0 Å². The largest absolute Gasteiger partial charge is 0.522 e. The quantitative estimate of drug-likeness (QED) is 0.149. The lowest BCUT2D eigenvalue weighted by atomic mass is 9.81. The van der Waals surface area contributed by atoms with E-state index in [1.54, 1.807) is 0 Å². The van der Waals surface area contributed by atoms with Gasteiger partial charge in [-0.25, -0.2) is 0 Å². The number of unbranched alkanes of at least 4 members (excludes halogenated alkanes) is 2. The summed E-state index contributed by atoms with van der Waals surface area (Å²) < 4.78 is 69.6. The van der Waals surface area contributed by atoms with Gasteiger partial charge < -0.3 is 9.47 Å². The Bertz CT molecular complexity index is 1050. The Balaban J connectivity index is 0.000000466. The molecule has 0 saturated heterocycles. The van der Waals surface area contributed by atoms with Crippen molar-refractivity contribution in [2.45, 2.75) is 81.9 Å². The number of ether oxygens (including phenoxy) is 2. The molecule has 1 N–H and O–H groups in total. The maximum Gasteiger partial charge on any atom is 0.522 e. The van der Waals surface area contributed by atoms with Crippen molar-refractivity contribution in [3.63, 3.8) is 0 Å². The Morgan fingerprint density at radius 2 is 1.51 bits per heavy atom. The van der Waals surface area contributed by atoms with Gasteiger partial charge in [0.1, 0.15) is 11.5 Å². The first kappa shape index (κ1) is 29.6. The zero-order chi connectivity index (χ0) is 26.1. The fraction of sp³-hybridized carbons (Fsp3) is 0.600. The van der Waals surface area contributed by atoms with E-state index < -0.39 is 15.6 Å². The van der Waals surface area contributed by atoms with E-state index in [0.29, 0.717) is 0 Å². The number of halogens is 3. The number of benzene rings is 2. The van der Waals surface area contributed by atoms with Crippen molar-refractivity contribution in [1.82, 2.24) is 0 Å². The lowest BCUT2D eigenvalue weighted by molar-refractivity contribution is -0.0510. The smallest absolute Gasteiger partial charge is 0.494 e. The van der Waals surface area contributed by atoms with Gasteiger partial charge in [-0.15, -0.1) is 0 Å². The van der Waals surface area contributed by atoms with Crippen LogP contribution in [0.2, 0.25) is 0 Å². The summed E-state index contributed by atoms with van der Waals surface area (Å²) in [6, 6.07) is 10.9. The van der Waals surface area contributed by atoms with Crippen molar-refractivity contribution in [2.75, 3.05) is 13.2 Å². The first-order chi connectivity index (χ1) is 16.4. The summed E-state index contributed by atoms with van der Waals surface area (Å²) >= 11 is 5.17. The Morgan fingerprint density at radius 1 is 0.943 bits per heavy atom. The fourth-order valence-electron chi connectivity index (χ4n) is 3.99. The van der Waals surface area contributed by atoms with Crippen molar-refractivity contribution < 1.29 is 35.6 Å². The Hall–Kier alpha value is -1.65. The molecule has 3 rings (SSSR count). The van der Waals surface area contributed by atoms with Gasteiger partial charge in [0.05, 0.1) is 13.2 Å². The molecule has 2 aromatic rings. The van der Waals surface area contributed by atoms with Crippen LogP contribution in [0.3, 0.4) is 0 Å². The number of alkyl halides is 3. The highest BCUT2D eigenvalue weighted by molar-refractivity contribution is 7.86. The third kappa shape index (κ3) is 8.46. The molecular weight excluding hydrogens is 501 g/mol. The molecule has 1 saturated carbocycles. The Labute approximate surface area is 211 Å². The average molecular weight is 537 g/mol. The summed E-state index contributed by atoms with van der Waals surface area (Å²) in [5.41, 5.74) is -4.20. The highest BCUT2D eigenvalue weighted by Crippen LogP contribution is 2.47. The van der Waals surface area contributed by atoms with E-state index in [4.69, 9.17) is 35.1 Å². The fourth-order valence-corrected chi connectivity index (χ4v) is 4.50. The molecule has 10 heteroatoms. The van der Waals surface area contributed by atoms with Gasteiger partial charge in [-0.1, -0.05) is 52.0 Å². The van der Waals surface area contributed by atoms with Gasteiger partial charge >= 0.3 is 15.6 Å². The first-order valence-electron chi connectivity index (χ1n) is 12.0. The van der Waals surface area contributed by atoms with Crippen LogP contribution < -0.4 is 9.47 Å². The van der Waals surface area contributed by atoms with Crippen LogP contribution in [0.5, 0.6) is 11.5 Å². The molecule has 35 heavy (non-hydrogen) atoms. The van der Waals surface area contributed by atoms with Crippen molar-refractivity contribution >= 4 is 33.5 Å². The minimum atomic E-state index is -5.84. The molecule has 198 valence electrons. The van der Waals surface area contributed by atoms with Gasteiger partial charge in [0.25, 0.3) is 0 Å². The van der Waals surface area contributed by atoms with Gasteiger partial charge in [0.2, 0.25) is 0 Å². The molecule has 1 fully saturated rings. The zero-order valence-electron chi connectivity index (χ0n) is 20.2. The second-order valence-corrected chi connectivity index (χ2v) is 11.0. The van der Waals surface area contributed by atoms with E-state index in [9.17, 15) is 13.2 Å². The number of hydrogen-bond donors (Lipinski definition) is 2. The minimum Gasteiger partial charge on any atom is -0.494 e. The Morgan fingerprint density at radius 3 is 2.06 bits per heavy atom. The van der Waals surface area contributed by atoms with Crippen LogP contribution in [-0.4, -0.2) is 31.7 Å². The van der Waals surface area contributed by atoms with Crippen LogP contribution in [-0.2, 0) is 14.9 Å². The summed E-state index contributed by atoms with van der Waals surface area (Å²) in [5, 5.41) is 2.43. The second kappa shape index (κ2) is 13.1. The molecule has 0 radical (unpaired) electrons. The summed E-state index contributed by atoms with van der Waals surface area (Å²) in [6.45, 7) is 5.93. The predicted molar refractivity (Wildman–Crippen MR) is 136 cm³/mol. The van der Waals surface area contributed by atoms with Crippen molar-refractivity contribution in [3.05, 3.63) is 35.9 Å². The van der Waals surface area contributed by atoms with Crippen LogP contribution in [0.25, 0.3) is 10.8 Å². The molecule has 0 aliphatic heterocycles. The predicted octanol–water partition coefficient (Wildman–Crippen LogP) is 7.68. The monoisotopic (exact) mass is 536 g/mol. The molecule has 0 amide bonds. The van der Waals surface area contributed by atoms with Crippen molar-refractivity contribution in [3.8, 4) is 11.5 Å². The first-order valence-corrected chi connectivity index (χ1v) is 13.9. The van der Waals surface area contributed by atoms with Crippen molar-refractivity contribution in [2.24, 2.45) is 0 Å². The average Bonchev–Trinajstić information content (AvgIpc) is 2.79. The minimum absolute atomic E-state index is 0.0412. The van der Waals surface area contributed by atoms with E-state index in [1.807, 2.05) is 0 Å². The van der Waals surface area contributed by atoms with Crippen LogP contribution in [0.15, 0.2) is 30.3 Å². The molecule has 0 atom stereocenters. The lowest BCUT2D eigenvalue weighted by Gasteiger charge is -2.34. The van der Waals surface area contributed by atoms with Gasteiger partial charge in [0, 0.05) is 10.1 Å². The van der Waals surface area contributed by atoms with E-state index in [0.717, 1.165) is 63.2 Å². The SMILES string of the molecule is CCCCOc1ccc2c(OCCCC)ccc(C3(S)CCCCC3)c2c1.O=S(=O)(O)C(F)(F)F. The molecule has 0 unspecified atom stereocenters. The number of fused-ring (bicyclic) bond motifs is 1. The highest BCUT2D eigenvalue weighted by Gasteiger charge is 2.44. The highest BCUT2D eigenvalue weighted by atomic mass is 32.2. The zero-order valence-corrected chi connectivity index (χ0v) is 21.9. The number of hydrogen-bond acceptors (Lipinski definition) is 5. The molecule has 0 heterocycles. The van der Waals surface area contributed by atoms with Gasteiger partial charge in [-0.2, -0.15) is 34.2 Å². The van der Waals surface area contributed by atoms with Crippen LogP contribution in [0.4, 0.5) is 13.2 Å². The summed E-state index contributed by atoms with van der Waals surface area (Å²) in [7, 11) is -5.84. The second-order valence-electron chi connectivity index (χ2n) is 8.74. The maximum atomic E-state index is 10.7. The molecule has 1 aliphatic rings. The Kier molecular flexibility index (Phi) is 11.0. The maximum absolute atomic E-state index is 10.7. The molecule has 5 nitrogen and oxygen atoms in total. The standard InChI is InChI=1S/C24H34O2S.CHF3O3S/c1-3-5-16-25-19-10-11-20-21(18-19)22(24(27)14-8-7-9-15-24)12-13-23(20)26-17-6-4-2;2-1(3,4)8(5,6)7/h10-13,18,27H,3-9,14-17H2,1-2H3;(H,5,6,7). The van der Waals surface area contributed by atoms with Gasteiger partial charge in [-0.05, 0) is 60.9 Å². The molecule has 0 bridgehead atoms. The molecule has 1 aliphatic carbocycles. The summed E-state index contributed by atoms with van der Waals surface area (Å²) in [5.74, 6) is 1.94. The molecule has 0 aromatic heterocycles. The topological polar surface area (TPSA) is 72.8 Å². The number of thiol groups is 1. The number of rotatable bonds is 9. The van der Waals surface area contributed by atoms with Gasteiger partial charge in [0.15, 0.2) is 0 Å². The molecular formula is C25H35F3O5S2. The summed E-state index contributed by atoms with van der Waals surface area (Å²) in [4.78, 5) is 0. The third-order valence-electron chi connectivity index (χ3n) is 5.94. The van der Waals surface area contributed by atoms with Crippen molar-refractivity contribution in [1.29, 1.82) is 0 Å². The van der Waals surface area contributed by atoms with Crippen LogP contribution in [0.1, 0.15) is 77.2 Å². The third-order valence-corrected chi connectivity index (χ3v) is 7.22. The summed E-state index contributed by atoms with van der Waals surface area (Å²) in [6.07, 6.45) is 10.6. The lowest BCUT2D eigenvalue weighted by Crippen LogP contribution is -2.22.